The Morgan fingerprint density at radius 3 is 2.33 bits per heavy atom. The van der Waals surface area contributed by atoms with Crippen molar-refractivity contribution in [1.29, 1.82) is 0 Å². The van der Waals surface area contributed by atoms with Gasteiger partial charge in [0.25, 0.3) is 0 Å². The second-order valence-corrected chi connectivity index (χ2v) is 4.07. The second kappa shape index (κ2) is 6.24. The molecule has 0 aromatic heterocycles. The third-order valence-electron chi connectivity index (χ3n) is 1.85. The molecule has 0 saturated heterocycles. The van der Waals surface area contributed by atoms with Crippen molar-refractivity contribution in [3.05, 3.63) is 11.6 Å². The van der Waals surface area contributed by atoms with Gasteiger partial charge in [-0.15, -0.1) is 0 Å². The first-order chi connectivity index (χ1) is 5.52. The van der Waals surface area contributed by atoms with Crippen LogP contribution in [0.15, 0.2) is 11.6 Å². The zero-order valence-electron chi connectivity index (χ0n) is 8.80. The molecule has 0 bridgehead atoms. The molecule has 0 fully saturated rings. The van der Waals surface area contributed by atoms with Gasteiger partial charge in [0, 0.05) is 0 Å². The molecule has 1 unspecified atom stereocenters. The number of hydrogen-bond acceptors (Lipinski definition) is 1. The Labute approximate surface area is 76.5 Å². The van der Waals surface area contributed by atoms with Gasteiger partial charge in [-0.3, -0.25) is 0 Å². The van der Waals surface area contributed by atoms with Crippen LogP contribution in [0.4, 0.5) is 0 Å². The van der Waals surface area contributed by atoms with E-state index in [2.05, 4.69) is 26.8 Å². The van der Waals surface area contributed by atoms with Gasteiger partial charge in [0.05, 0.1) is 6.10 Å². The summed E-state index contributed by atoms with van der Waals surface area (Å²) in [4.78, 5) is 0. The molecule has 0 saturated carbocycles. The maximum absolute atomic E-state index is 9.09. The Kier molecular flexibility index (Phi) is 6.09. The number of aliphatic hydroxyl groups is 1. The van der Waals surface area contributed by atoms with E-state index in [1.165, 1.54) is 12.0 Å². The molecule has 0 spiro atoms. The van der Waals surface area contributed by atoms with Crippen LogP contribution in [0.2, 0.25) is 0 Å². The number of hydrogen-bond donors (Lipinski definition) is 1. The summed E-state index contributed by atoms with van der Waals surface area (Å²) in [6.45, 7) is 8.39. The molecule has 1 heteroatoms. The van der Waals surface area contributed by atoms with E-state index < -0.39 is 0 Å². The predicted octanol–water partition coefficient (Wildman–Crippen LogP) is 3.14. The fourth-order valence-electron chi connectivity index (χ4n) is 1.21. The monoisotopic (exact) mass is 170 g/mol. The maximum atomic E-state index is 9.09. The number of allylic oxidation sites excluding steroid dienone is 1. The van der Waals surface area contributed by atoms with Crippen LogP contribution in [-0.4, -0.2) is 11.2 Å². The lowest BCUT2D eigenvalue weighted by molar-refractivity contribution is 0.195. The van der Waals surface area contributed by atoms with E-state index in [4.69, 9.17) is 5.11 Å². The fourth-order valence-corrected chi connectivity index (χ4v) is 1.21. The van der Waals surface area contributed by atoms with Crippen molar-refractivity contribution >= 4 is 0 Å². The molecule has 0 aliphatic heterocycles. The van der Waals surface area contributed by atoms with Crippen LogP contribution in [-0.2, 0) is 0 Å². The van der Waals surface area contributed by atoms with E-state index in [9.17, 15) is 0 Å². The molecule has 0 aromatic rings. The second-order valence-electron chi connectivity index (χ2n) is 4.07. The predicted molar refractivity (Wildman–Crippen MR) is 54.1 cm³/mol. The van der Waals surface area contributed by atoms with Crippen molar-refractivity contribution < 1.29 is 5.11 Å². The first kappa shape index (κ1) is 11.7. The normalized spacial score (nSPS) is 15.3. The van der Waals surface area contributed by atoms with Crippen LogP contribution in [0.5, 0.6) is 0 Å². The minimum atomic E-state index is -0.194. The molecule has 72 valence electrons. The Hall–Kier alpha value is -0.300. The molecular weight excluding hydrogens is 148 g/mol. The van der Waals surface area contributed by atoms with Gasteiger partial charge in [-0.1, -0.05) is 25.5 Å². The third kappa shape index (κ3) is 7.80. The van der Waals surface area contributed by atoms with Crippen molar-refractivity contribution in [2.45, 2.75) is 53.1 Å². The molecule has 0 aromatic carbocycles. The quantitative estimate of drug-likeness (QED) is 0.628. The van der Waals surface area contributed by atoms with Gasteiger partial charge in [-0.05, 0) is 39.0 Å². The average molecular weight is 170 g/mol. The summed E-state index contributed by atoms with van der Waals surface area (Å²) in [5.41, 5.74) is 1.31. The van der Waals surface area contributed by atoms with E-state index in [-0.39, 0.29) is 6.10 Å². The molecule has 0 rings (SSSR count). The van der Waals surface area contributed by atoms with Crippen LogP contribution in [0.3, 0.4) is 0 Å². The summed E-state index contributed by atoms with van der Waals surface area (Å²) >= 11 is 0. The summed E-state index contributed by atoms with van der Waals surface area (Å²) in [6.07, 6.45) is 5.26. The molecule has 0 amide bonds. The van der Waals surface area contributed by atoms with Gasteiger partial charge < -0.3 is 5.11 Å². The van der Waals surface area contributed by atoms with Gasteiger partial charge in [0.15, 0.2) is 0 Å². The molecule has 0 heterocycles. The lowest BCUT2D eigenvalue weighted by Crippen LogP contribution is -1.99. The van der Waals surface area contributed by atoms with Crippen molar-refractivity contribution in [3.8, 4) is 0 Å². The Morgan fingerprint density at radius 1 is 1.33 bits per heavy atom. The first-order valence-corrected chi connectivity index (χ1v) is 4.86. The van der Waals surface area contributed by atoms with E-state index in [0.717, 1.165) is 18.8 Å². The molecule has 0 radical (unpaired) electrons. The standard InChI is InChI=1S/C11H22O/c1-9(2)6-5-7-10(3)8-11(4)12/h7,9,11-12H,5-6,8H2,1-4H3/b10-7+. The highest BCUT2D eigenvalue weighted by atomic mass is 16.3. The smallest absolute Gasteiger partial charge is 0.0549 e. The summed E-state index contributed by atoms with van der Waals surface area (Å²) in [6, 6.07) is 0. The third-order valence-corrected chi connectivity index (χ3v) is 1.85. The largest absolute Gasteiger partial charge is 0.393 e. The lowest BCUT2D eigenvalue weighted by Gasteiger charge is -2.05. The SMILES string of the molecule is C/C(=C\CCC(C)C)CC(C)O. The Morgan fingerprint density at radius 2 is 1.92 bits per heavy atom. The number of aliphatic hydroxyl groups excluding tert-OH is 1. The van der Waals surface area contributed by atoms with Gasteiger partial charge in [0.2, 0.25) is 0 Å². The molecule has 0 aliphatic carbocycles. The minimum absolute atomic E-state index is 0.194. The van der Waals surface area contributed by atoms with Crippen LogP contribution in [0, 0.1) is 5.92 Å². The van der Waals surface area contributed by atoms with E-state index >= 15 is 0 Å². The summed E-state index contributed by atoms with van der Waals surface area (Å²) in [7, 11) is 0. The van der Waals surface area contributed by atoms with Crippen molar-refractivity contribution in [3.63, 3.8) is 0 Å². The van der Waals surface area contributed by atoms with Crippen molar-refractivity contribution in [1.82, 2.24) is 0 Å². The highest BCUT2D eigenvalue weighted by Gasteiger charge is 1.97. The molecular formula is C11H22O. The average Bonchev–Trinajstić information content (AvgIpc) is 1.84. The van der Waals surface area contributed by atoms with E-state index in [1.807, 2.05) is 6.92 Å². The van der Waals surface area contributed by atoms with E-state index in [0.29, 0.717) is 0 Å². The lowest BCUT2D eigenvalue weighted by atomic mass is 10.0. The summed E-state index contributed by atoms with van der Waals surface area (Å²) < 4.78 is 0. The zero-order chi connectivity index (χ0) is 9.56. The van der Waals surface area contributed by atoms with E-state index in [1.54, 1.807) is 0 Å². The molecule has 1 N–H and O–H groups in total. The topological polar surface area (TPSA) is 20.2 Å². The maximum Gasteiger partial charge on any atom is 0.0549 e. The van der Waals surface area contributed by atoms with Crippen LogP contribution >= 0.6 is 0 Å². The Bertz CT molecular complexity index is 134. The fraction of sp³-hybridized carbons (Fsp3) is 0.818. The zero-order valence-corrected chi connectivity index (χ0v) is 8.80. The summed E-state index contributed by atoms with van der Waals surface area (Å²) in [5.74, 6) is 0.778. The molecule has 1 atom stereocenters. The van der Waals surface area contributed by atoms with Crippen LogP contribution in [0.1, 0.15) is 47.0 Å². The number of rotatable bonds is 5. The van der Waals surface area contributed by atoms with Crippen LogP contribution < -0.4 is 0 Å². The van der Waals surface area contributed by atoms with Gasteiger partial charge in [-0.2, -0.15) is 0 Å². The molecule has 12 heavy (non-hydrogen) atoms. The summed E-state index contributed by atoms with van der Waals surface area (Å²) in [5, 5.41) is 9.09. The minimum Gasteiger partial charge on any atom is -0.393 e. The van der Waals surface area contributed by atoms with Crippen molar-refractivity contribution in [2.24, 2.45) is 5.92 Å². The van der Waals surface area contributed by atoms with Gasteiger partial charge >= 0.3 is 0 Å². The van der Waals surface area contributed by atoms with Gasteiger partial charge in [-0.25, -0.2) is 0 Å². The van der Waals surface area contributed by atoms with Gasteiger partial charge in [0.1, 0.15) is 0 Å². The highest BCUT2D eigenvalue weighted by Crippen LogP contribution is 2.09. The highest BCUT2D eigenvalue weighted by molar-refractivity contribution is 4.98. The molecule has 1 nitrogen and oxygen atoms in total. The Balaban J connectivity index is 3.55. The van der Waals surface area contributed by atoms with Crippen molar-refractivity contribution in [2.75, 3.05) is 0 Å². The van der Waals surface area contributed by atoms with Crippen LogP contribution in [0.25, 0.3) is 0 Å². The molecule has 0 aliphatic rings. The first-order valence-electron chi connectivity index (χ1n) is 4.86.